The standard InChI is InChI=1S/C19H16O2PS2.C18H15Si.C10H14.C7H8.Ru/c20-24(21,19-14-8-3-9-15-19)16-22(23,17-10-4-1-5-11-17)18-12-6-2-7-13-18;1-4-10-16(11-5-1)19(17-12-6-2-7-13-17)18-14-8-3-9-15-18;1-8(2)10-6-4-9(3)5-7-10;1-7-5-3-2-4-6-7;/h1-16H;1-15H;4-8H,1-3H3;2-6H,1H3;/q2*-1;;;+2. The quantitative estimate of drug-likeness (QED) is 0.0626. The average Bonchev–Trinajstić information content (AvgIpc) is 3.29. The number of benzene rings is 8. The van der Waals surface area contributed by atoms with Gasteiger partial charge in [-0.25, -0.2) is 8.80 Å². The molecule has 61 heavy (non-hydrogen) atoms. The van der Waals surface area contributed by atoms with Gasteiger partial charge in [0.1, 0.15) is 0 Å². The van der Waals surface area contributed by atoms with Crippen molar-refractivity contribution in [3.8, 4) is 0 Å². The molecule has 0 atom stereocenters. The Morgan fingerprint density at radius 1 is 0.443 bits per heavy atom. The fraction of sp³-hybridized carbons (Fsp3) is 0.0926. The predicted octanol–water partition coefficient (Wildman–Crippen LogP) is 11.0. The molecular formula is C54H53O2PRuS2Si. The molecule has 0 amide bonds. The Bertz CT molecular complexity index is 2430. The van der Waals surface area contributed by atoms with E-state index in [2.05, 4.69) is 155 Å². The van der Waals surface area contributed by atoms with E-state index in [-0.39, 0.29) is 24.4 Å². The van der Waals surface area contributed by atoms with Crippen LogP contribution in [0.25, 0.3) is 0 Å². The fourth-order valence-corrected chi connectivity index (χ4v) is 15.7. The number of hydrogen-bond donors (Lipinski definition) is 0. The summed E-state index contributed by atoms with van der Waals surface area (Å²) in [7, 11) is -4.47. The van der Waals surface area contributed by atoms with E-state index in [4.69, 9.17) is 11.8 Å². The second-order valence-corrected chi connectivity index (χ2v) is 23.4. The van der Waals surface area contributed by atoms with Gasteiger partial charge in [0.05, 0.1) is 9.84 Å². The van der Waals surface area contributed by atoms with Gasteiger partial charge in [-0.1, -0.05) is 249 Å². The van der Waals surface area contributed by atoms with Crippen LogP contribution in [0.5, 0.6) is 0 Å². The SMILES string of the molecule is Cc1ccc(C(C)C)cc1.Cc1ccccc1.O=S(=O)([CH-]P(=S)(c1ccccc1)c1ccccc1)c1ccccc1.[Ru+2].c1ccc([Si-](c2ccccc2)c2ccccc2)cc1. The molecule has 0 fully saturated rings. The van der Waals surface area contributed by atoms with E-state index >= 15 is 0 Å². The molecule has 2 nitrogen and oxygen atoms in total. The van der Waals surface area contributed by atoms with E-state index in [1.165, 1.54) is 37.7 Å². The first-order valence-electron chi connectivity index (χ1n) is 20.1. The molecule has 8 aromatic rings. The maximum absolute atomic E-state index is 12.9. The summed E-state index contributed by atoms with van der Waals surface area (Å²) in [6.45, 7) is 8.62. The Morgan fingerprint density at radius 2 is 0.738 bits per heavy atom. The van der Waals surface area contributed by atoms with Crippen LogP contribution in [-0.2, 0) is 41.1 Å². The van der Waals surface area contributed by atoms with E-state index in [0.29, 0.717) is 5.92 Å². The van der Waals surface area contributed by atoms with E-state index in [1.54, 1.807) is 30.3 Å². The average molecular weight is 958 g/mol. The normalized spacial score (nSPS) is 10.6. The van der Waals surface area contributed by atoms with Gasteiger partial charge in [0.15, 0.2) is 0 Å². The van der Waals surface area contributed by atoms with E-state index in [0.717, 1.165) is 10.6 Å². The fourth-order valence-electron chi connectivity index (χ4n) is 6.24. The summed E-state index contributed by atoms with van der Waals surface area (Å²) < 4.78 is 25.8. The van der Waals surface area contributed by atoms with Crippen molar-refractivity contribution in [3.05, 3.63) is 259 Å². The molecule has 7 heteroatoms. The maximum Gasteiger partial charge on any atom is 2.00 e. The van der Waals surface area contributed by atoms with Crippen LogP contribution in [0.1, 0.15) is 36.5 Å². The Kier molecular flexibility index (Phi) is 20.2. The van der Waals surface area contributed by atoms with Crippen LogP contribution in [0.4, 0.5) is 0 Å². The third kappa shape index (κ3) is 15.3. The van der Waals surface area contributed by atoms with Gasteiger partial charge in [-0.3, -0.25) is 8.42 Å². The first kappa shape index (κ1) is 48.9. The first-order valence-corrected chi connectivity index (χ1v) is 26.0. The summed E-state index contributed by atoms with van der Waals surface area (Å²) in [6.07, 6.45) is 0. The Hall–Kier alpha value is -4.80. The smallest absolute Gasteiger partial charge is 0.257 e. The van der Waals surface area contributed by atoms with Gasteiger partial charge in [-0.2, -0.15) is 21.1 Å². The number of aryl methyl sites for hydroxylation is 2. The van der Waals surface area contributed by atoms with Gasteiger partial charge in [0.25, 0.3) is 0 Å². The second kappa shape index (κ2) is 25.2. The van der Waals surface area contributed by atoms with Crippen LogP contribution in [0, 0.1) is 19.3 Å². The van der Waals surface area contributed by atoms with Crippen molar-refractivity contribution in [3.63, 3.8) is 0 Å². The van der Waals surface area contributed by atoms with Gasteiger partial charge in [-0.15, -0.1) is 17.8 Å². The molecule has 310 valence electrons. The van der Waals surface area contributed by atoms with E-state index in [1.807, 2.05) is 78.9 Å². The van der Waals surface area contributed by atoms with Gasteiger partial charge in [0, 0.05) is 4.90 Å². The van der Waals surface area contributed by atoms with Crippen molar-refractivity contribution in [2.45, 2.75) is 38.5 Å². The van der Waals surface area contributed by atoms with Crippen molar-refractivity contribution in [2.24, 2.45) is 0 Å². The van der Waals surface area contributed by atoms with Crippen molar-refractivity contribution in [2.75, 3.05) is 0 Å². The molecule has 8 rings (SSSR count). The molecule has 0 aliphatic carbocycles. The Balaban J connectivity index is 0.000000196. The molecule has 0 unspecified atom stereocenters. The van der Waals surface area contributed by atoms with Crippen LogP contribution in [0.2, 0.25) is 0 Å². The summed E-state index contributed by atoms with van der Waals surface area (Å²) in [6, 6.07) is 76.3. The summed E-state index contributed by atoms with van der Waals surface area (Å²) in [5.74, 6) is 0.653. The summed E-state index contributed by atoms with van der Waals surface area (Å²) in [5.41, 5.74) is 5.47. The van der Waals surface area contributed by atoms with Crippen LogP contribution in [0.15, 0.2) is 241 Å². The van der Waals surface area contributed by atoms with Gasteiger partial charge in [-0.05, 0) is 48.1 Å². The van der Waals surface area contributed by atoms with Gasteiger partial charge < -0.3 is 0 Å². The summed E-state index contributed by atoms with van der Waals surface area (Å²) >= 11 is 5.96. The van der Waals surface area contributed by atoms with Crippen LogP contribution < -0.4 is 26.2 Å². The molecule has 0 saturated heterocycles. The van der Waals surface area contributed by atoms with Crippen molar-refractivity contribution in [1.29, 1.82) is 0 Å². The molecule has 0 bridgehead atoms. The van der Waals surface area contributed by atoms with Gasteiger partial charge in [0.2, 0.25) is 0 Å². The number of hydrogen-bond acceptors (Lipinski definition) is 3. The van der Waals surface area contributed by atoms with Crippen molar-refractivity contribution in [1.82, 2.24) is 0 Å². The zero-order valence-corrected chi connectivity index (χ0v) is 40.4. The van der Waals surface area contributed by atoms with E-state index in [9.17, 15) is 8.42 Å². The molecular weight excluding hydrogens is 905 g/mol. The Labute approximate surface area is 385 Å². The van der Waals surface area contributed by atoms with Crippen molar-refractivity contribution < 1.29 is 27.9 Å². The minimum atomic E-state index is -3.59. The van der Waals surface area contributed by atoms with Crippen LogP contribution in [-0.4, -0.2) is 17.2 Å². The van der Waals surface area contributed by atoms with Crippen LogP contribution in [0.3, 0.4) is 0 Å². The molecule has 0 aliphatic heterocycles. The third-order valence-corrected chi connectivity index (χ3v) is 19.6. The molecule has 0 saturated carbocycles. The van der Waals surface area contributed by atoms with Gasteiger partial charge >= 0.3 is 19.5 Å². The molecule has 8 aromatic carbocycles. The second-order valence-electron chi connectivity index (χ2n) is 14.5. The summed E-state index contributed by atoms with van der Waals surface area (Å²) in [4.78, 5) is 0.270. The largest absolute Gasteiger partial charge is 2.00 e. The minimum Gasteiger partial charge on any atom is -0.257 e. The zero-order chi connectivity index (χ0) is 42.6. The third-order valence-electron chi connectivity index (χ3n) is 9.51. The zero-order valence-electron chi connectivity index (χ0n) is 35.1. The van der Waals surface area contributed by atoms with E-state index < -0.39 is 24.7 Å². The molecule has 0 N–H and O–H groups in total. The predicted molar refractivity (Wildman–Crippen MR) is 265 cm³/mol. The Morgan fingerprint density at radius 3 is 1.05 bits per heavy atom. The number of rotatable bonds is 9. The maximum atomic E-state index is 12.9. The molecule has 0 spiro atoms. The van der Waals surface area contributed by atoms with Crippen molar-refractivity contribution >= 4 is 62.6 Å². The van der Waals surface area contributed by atoms with Crippen LogP contribution >= 0.6 is 6.04 Å². The topological polar surface area (TPSA) is 34.1 Å². The molecule has 0 aromatic heterocycles. The molecule has 0 heterocycles. The summed E-state index contributed by atoms with van der Waals surface area (Å²) in [5, 5.41) is 6.04. The molecule has 0 aliphatic rings. The number of sulfone groups is 1. The molecule has 0 radical (unpaired) electrons. The monoisotopic (exact) mass is 958 g/mol. The minimum absolute atomic E-state index is 0. The first-order chi connectivity index (χ1) is 29.1.